The third kappa shape index (κ3) is 3.14. The molecule has 0 spiro atoms. The van der Waals surface area contributed by atoms with Crippen LogP contribution in [-0.4, -0.2) is 10.9 Å². The van der Waals surface area contributed by atoms with E-state index >= 15 is 0 Å². The SMILES string of the molecule is Cc1csc(C(C)NC(=O)c2ccc(Br)s2)n1. The summed E-state index contributed by atoms with van der Waals surface area (Å²) in [6.45, 7) is 3.89. The Bertz CT molecular complexity index is 535. The molecule has 0 aliphatic rings. The van der Waals surface area contributed by atoms with Crippen molar-refractivity contribution in [3.05, 3.63) is 36.9 Å². The number of carbonyl (C=O) groups excluding carboxylic acids is 1. The minimum Gasteiger partial charge on any atom is -0.342 e. The first kappa shape index (κ1) is 12.7. The average Bonchev–Trinajstić information content (AvgIpc) is 2.87. The van der Waals surface area contributed by atoms with Crippen LogP contribution in [0.4, 0.5) is 0 Å². The monoisotopic (exact) mass is 330 g/mol. The molecule has 0 fully saturated rings. The van der Waals surface area contributed by atoms with Gasteiger partial charge < -0.3 is 5.32 Å². The van der Waals surface area contributed by atoms with Gasteiger partial charge in [-0.05, 0) is 41.9 Å². The van der Waals surface area contributed by atoms with Crippen LogP contribution in [0.3, 0.4) is 0 Å². The molecule has 1 N–H and O–H groups in total. The first-order chi connectivity index (χ1) is 8.06. The van der Waals surface area contributed by atoms with E-state index in [0.29, 0.717) is 4.88 Å². The van der Waals surface area contributed by atoms with Crippen LogP contribution in [0.15, 0.2) is 21.3 Å². The molecular weight excluding hydrogens is 320 g/mol. The lowest BCUT2D eigenvalue weighted by Gasteiger charge is -2.09. The van der Waals surface area contributed by atoms with E-state index in [9.17, 15) is 4.79 Å². The topological polar surface area (TPSA) is 42.0 Å². The van der Waals surface area contributed by atoms with E-state index in [-0.39, 0.29) is 11.9 Å². The third-order valence-electron chi connectivity index (χ3n) is 2.15. The number of nitrogens with zero attached hydrogens (tertiary/aromatic N) is 1. The van der Waals surface area contributed by atoms with Crippen molar-refractivity contribution in [2.24, 2.45) is 0 Å². The Balaban J connectivity index is 2.04. The maximum atomic E-state index is 11.9. The molecule has 0 radical (unpaired) electrons. The number of aromatic nitrogens is 1. The van der Waals surface area contributed by atoms with Gasteiger partial charge in [0.25, 0.3) is 5.91 Å². The molecule has 1 atom stereocenters. The summed E-state index contributed by atoms with van der Waals surface area (Å²) in [4.78, 5) is 17.0. The molecule has 2 aromatic heterocycles. The number of thiophene rings is 1. The molecule has 3 nitrogen and oxygen atoms in total. The Labute approximate surface area is 116 Å². The van der Waals surface area contributed by atoms with Gasteiger partial charge in [-0.1, -0.05) is 0 Å². The summed E-state index contributed by atoms with van der Waals surface area (Å²) in [5.74, 6) is -0.0546. The highest BCUT2D eigenvalue weighted by Crippen LogP contribution is 2.23. The minimum atomic E-state index is -0.0546. The fourth-order valence-electron chi connectivity index (χ4n) is 1.34. The number of halogens is 1. The van der Waals surface area contributed by atoms with Crippen molar-refractivity contribution in [2.45, 2.75) is 19.9 Å². The zero-order valence-electron chi connectivity index (χ0n) is 9.36. The van der Waals surface area contributed by atoms with Crippen LogP contribution >= 0.6 is 38.6 Å². The Morgan fingerprint density at radius 3 is 2.82 bits per heavy atom. The number of thiazole rings is 1. The molecule has 0 aromatic carbocycles. The summed E-state index contributed by atoms with van der Waals surface area (Å²) in [5.41, 5.74) is 0.991. The molecule has 1 amide bonds. The van der Waals surface area contributed by atoms with Crippen LogP contribution in [0.25, 0.3) is 0 Å². The molecule has 1 unspecified atom stereocenters. The largest absolute Gasteiger partial charge is 0.342 e. The molecule has 0 bridgehead atoms. The number of rotatable bonds is 3. The van der Waals surface area contributed by atoms with Gasteiger partial charge in [-0.3, -0.25) is 4.79 Å². The van der Waals surface area contributed by atoms with E-state index in [1.54, 1.807) is 11.3 Å². The molecular formula is C11H11BrN2OS2. The summed E-state index contributed by atoms with van der Waals surface area (Å²) in [6, 6.07) is 3.63. The van der Waals surface area contributed by atoms with Gasteiger partial charge in [-0.15, -0.1) is 22.7 Å². The van der Waals surface area contributed by atoms with Crippen molar-refractivity contribution in [1.82, 2.24) is 10.3 Å². The summed E-state index contributed by atoms with van der Waals surface area (Å²) in [5, 5.41) is 5.86. The Morgan fingerprint density at radius 2 is 2.29 bits per heavy atom. The molecule has 2 rings (SSSR count). The second-order valence-corrected chi connectivity index (χ2v) is 6.98. The average molecular weight is 331 g/mol. The second kappa shape index (κ2) is 5.29. The highest BCUT2D eigenvalue weighted by molar-refractivity contribution is 9.11. The molecule has 0 saturated heterocycles. The first-order valence-electron chi connectivity index (χ1n) is 5.04. The number of carbonyl (C=O) groups is 1. The van der Waals surface area contributed by atoms with Gasteiger partial charge >= 0.3 is 0 Å². The number of hydrogen-bond acceptors (Lipinski definition) is 4. The van der Waals surface area contributed by atoms with Gasteiger partial charge in [-0.25, -0.2) is 4.98 Å². The molecule has 0 aliphatic carbocycles. The minimum absolute atomic E-state index is 0.0536. The highest BCUT2D eigenvalue weighted by Gasteiger charge is 2.15. The van der Waals surface area contributed by atoms with Gasteiger partial charge in [0, 0.05) is 11.1 Å². The fourth-order valence-corrected chi connectivity index (χ4v) is 3.43. The number of nitrogens with one attached hydrogen (secondary N) is 1. The van der Waals surface area contributed by atoms with E-state index in [2.05, 4.69) is 26.2 Å². The fraction of sp³-hybridized carbons (Fsp3) is 0.273. The van der Waals surface area contributed by atoms with E-state index in [1.165, 1.54) is 11.3 Å². The normalized spacial score (nSPS) is 12.4. The van der Waals surface area contributed by atoms with Crippen LogP contribution in [0.2, 0.25) is 0 Å². The number of amides is 1. The summed E-state index contributed by atoms with van der Waals surface area (Å²) < 4.78 is 0.959. The number of aryl methyl sites for hydroxylation is 1. The smallest absolute Gasteiger partial charge is 0.261 e. The van der Waals surface area contributed by atoms with Crippen molar-refractivity contribution in [3.63, 3.8) is 0 Å². The molecule has 90 valence electrons. The van der Waals surface area contributed by atoms with E-state index in [1.807, 2.05) is 31.4 Å². The maximum Gasteiger partial charge on any atom is 0.261 e. The first-order valence-corrected chi connectivity index (χ1v) is 7.53. The van der Waals surface area contributed by atoms with Crippen molar-refractivity contribution < 1.29 is 4.79 Å². The van der Waals surface area contributed by atoms with Gasteiger partial charge in [-0.2, -0.15) is 0 Å². The molecule has 17 heavy (non-hydrogen) atoms. The molecule has 6 heteroatoms. The van der Waals surface area contributed by atoms with Crippen LogP contribution < -0.4 is 5.32 Å². The van der Waals surface area contributed by atoms with Crippen molar-refractivity contribution >= 4 is 44.5 Å². The Morgan fingerprint density at radius 1 is 1.53 bits per heavy atom. The van der Waals surface area contributed by atoms with Crippen LogP contribution in [0.5, 0.6) is 0 Å². The molecule has 0 aliphatic heterocycles. The van der Waals surface area contributed by atoms with Crippen molar-refractivity contribution in [3.8, 4) is 0 Å². The maximum absolute atomic E-state index is 11.9. The zero-order chi connectivity index (χ0) is 12.4. The van der Waals surface area contributed by atoms with Crippen molar-refractivity contribution in [2.75, 3.05) is 0 Å². The lowest BCUT2D eigenvalue weighted by molar-refractivity contribution is 0.0944. The third-order valence-corrected chi connectivity index (χ3v) is 4.92. The quantitative estimate of drug-likeness (QED) is 0.930. The standard InChI is InChI=1S/C11H11BrN2OS2/c1-6-5-16-11(13-6)7(2)14-10(15)8-3-4-9(12)17-8/h3-5,7H,1-2H3,(H,14,15). The second-order valence-electron chi connectivity index (χ2n) is 3.63. The van der Waals surface area contributed by atoms with E-state index in [4.69, 9.17) is 0 Å². The van der Waals surface area contributed by atoms with Gasteiger partial charge in [0.1, 0.15) is 5.01 Å². The van der Waals surface area contributed by atoms with Gasteiger partial charge in [0.2, 0.25) is 0 Å². The highest BCUT2D eigenvalue weighted by atomic mass is 79.9. The predicted molar refractivity (Wildman–Crippen MR) is 74.8 cm³/mol. The summed E-state index contributed by atoms with van der Waals surface area (Å²) >= 11 is 6.34. The Hall–Kier alpha value is -0.720. The summed E-state index contributed by atoms with van der Waals surface area (Å²) in [7, 11) is 0. The number of hydrogen-bond donors (Lipinski definition) is 1. The van der Waals surface area contributed by atoms with E-state index < -0.39 is 0 Å². The Kier molecular flexibility index (Phi) is 3.96. The molecule has 2 heterocycles. The molecule has 2 aromatic rings. The summed E-state index contributed by atoms with van der Waals surface area (Å²) in [6.07, 6.45) is 0. The van der Waals surface area contributed by atoms with Crippen LogP contribution in [-0.2, 0) is 0 Å². The van der Waals surface area contributed by atoms with Crippen LogP contribution in [0.1, 0.15) is 33.3 Å². The molecule has 0 saturated carbocycles. The predicted octanol–water partition coefficient (Wildman–Crippen LogP) is 3.77. The lowest BCUT2D eigenvalue weighted by Crippen LogP contribution is -2.25. The van der Waals surface area contributed by atoms with E-state index in [0.717, 1.165) is 14.5 Å². The van der Waals surface area contributed by atoms with Gasteiger partial charge in [0.15, 0.2) is 0 Å². The lowest BCUT2D eigenvalue weighted by atomic mass is 10.3. The van der Waals surface area contributed by atoms with Gasteiger partial charge in [0.05, 0.1) is 14.7 Å². The van der Waals surface area contributed by atoms with Crippen molar-refractivity contribution in [1.29, 1.82) is 0 Å². The van der Waals surface area contributed by atoms with Crippen LogP contribution in [0, 0.1) is 6.92 Å². The zero-order valence-corrected chi connectivity index (χ0v) is 12.6.